The van der Waals surface area contributed by atoms with Gasteiger partial charge in [0.15, 0.2) is 0 Å². The molecule has 0 aliphatic rings. The van der Waals surface area contributed by atoms with Gasteiger partial charge in [0.25, 0.3) is 5.24 Å². The van der Waals surface area contributed by atoms with E-state index in [0.29, 0.717) is 16.3 Å². The summed E-state index contributed by atoms with van der Waals surface area (Å²) in [4.78, 5) is 11.3. The molecule has 0 saturated carbocycles. The van der Waals surface area contributed by atoms with E-state index >= 15 is 0 Å². The van der Waals surface area contributed by atoms with Crippen LogP contribution >= 0.6 is 23.2 Å². The third-order valence-electron chi connectivity index (χ3n) is 2.33. The molecule has 0 atom stereocenters. The van der Waals surface area contributed by atoms with E-state index in [1.807, 2.05) is 20.8 Å². The second-order valence-corrected chi connectivity index (χ2v) is 5.31. The lowest BCUT2D eigenvalue weighted by Gasteiger charge is -2.21. The molecule has 0 saturated heterocycles. The highest BCUT2D eigenvalue weighted by molar-refractivity contribution is 6.68. The molecule has 0 aromatic heterocycles. The number of carbonyl (C=O) groups is 1. The maximum absolute atomic E-state index is 11.3. The lowest BCUT2D eigenvalue weighted by atomic mass is 9.86. The first-order chi connectivity index (χ1) is 7.27. The van der Waals surface area contributed by atoms with Gasteiger partial charge in [-0.25, -0.2) is 0 Å². The number of rotatable bonds is 2. The van der Waals surface area contributed by atoms with Crippen LogP contribution in [0, 0.1) is 0 Å². The number of halogens is 2. The van der Waals surface area contributed by atoms with E-state index in [1.54, 1.807) is 12.1 Å². The molecule has 0 bridgehead atoms. The molecule has 2 nitrogen and oxygen atoms in total. The minimum absolute atomic E-state index is 0.100. The zero-order valence-electron chi connectivity index (χ0n) is 9.73. The van der Waals surface area contributed by atoms with Gasteiger partial charge in [-0.2, -0.15) is 0 Å². The Bertz CT molecular complexity index is 420. The normalized spacial score (nSPS) is 11.4. The number of benzene rings is 1. The van der Waals surface area contributed by atoms with Gasteiger partial charge in [0.05, 0.1) is 17.7 Å². The Morgan fingerprint density at radius 2 is 1.88 bits per heavy atom. The molecule has 0 heterocycles. The SMILES string of the molecule is COc1c(Cl)cc(C(C)(C)C)cc1C(=O)Cl. The van der Waals surface area contributed by atoms with E-state index in [9.17, 15) is 4.79 Å². The molecule has 0 radical (unpaired) electrons. The fourth-order valence-corrected chi connectivity index (χ4v) is 1.82. The summed E-state index contributed by atoms with van der Waals surface area (Å²) in [6, 6.07) is 3.52. The minimum atomic E-state index is -0.565. The van der Waals surface area contributed by atoms with Crippen LogP contribution in [0.5, 0.6) is 5.75 Å². The Labute approximate surface area is 106 Å². The molecular formula is C12H14Cl2O2. The van der Waals surface area contributed by atoms with Crippen molar-refractivity contribution in [3.8, 4) is 5.75 Å². The van der Waals surface area contributed by atoms with Gasteiger partial charge in [-0.05, 0) is 34.7 Å². The third kappa shape index (κ3) is 2.69. The lowest BCUT2D eigenvalue weighted by Crippen LogP contribution is -2.12. The predicted octanol–water partition coefficient (Wildman–Crippen LogP) is 4.03. The molecule has 16 heavy (non-hydrogen) atoms. The van der Waals surface area contributed by atoms with Crippen molar-refractivity contribution in [1.29, 1.82) is 0 Å². The monoisotopic (exact) mass is 260 g/mol. The second-order valence-electron chi connectivity index (χ2n) is 4.56. The first kappa shape index (κ1) is 13.3. The average molecular weight is 261 g/mol. The van der Waals surface area contributed by atoms with Crippen LogP contribution in [0.4, 0.5) is 0 Å². The number of ether oxygens (including phenoxy) is 1. The van der Waals surface area contributed by atoms with Crippen LogP contribution in [0.25, 0.3) is 0 Å². The summed E-state index contributed by atoms with van der Waals surface area (Å²) >= 11 is 11.6. The summed E-state index contributed by atoms with van der Waals surface area (Å²) in [5, 5.41) is -0.163. The van der Waals surface area contributed by atoms with Gasteiger partial charge < -0.3 is 4.74 Å². The van der Waals surface area contributed by atoms with Crippen molar-refractivity contribution in [1.82, 2.24) is 0 Å². The largest absolute Gasteiger partial charge is 0.494 e. The molecule has 0 amide bonds. The highest BCUT2D eigenvalue weighted by Crippen LogP contribution is 2.35. The molecule has 4 heteroatoms. The van der Waals surface area contributed by atoms with Crippen LogP contribution in [-0.4, -0.2) is 12.4 Å². The number of methoxy groups -OCH3 is 1. The highest BCUT2D eigenvalue weighted by atomic mass is 35.5. The van der Waals surface area contributed by atoms with Crippen LogP contribution < -0.4 is 4.74 Å². The molecule has 0 N–H and O–H groups in total. The van der Waals surface area contributed by atoms with E-state index in [0.717, 1.165) is 5.56 Å². The Morgan fingerprint density at radius 3 is 2.25 bits per heavy atom. The fourth-order valence-electron chi connectivity index (χ4n) is 1.38. The molecule has 0 fully saturated rings. The summed E-state index contributed by atoms with van der Waals surface area (Å²) in [5.74, 6) is 0.328. The zero-order chi connectivity index (χ0) is 12.5. The Kier molecular flexibility index (Phi) is 3.87. The van der Waals surface area contributed by atoms with E-state index in [2.05, 4.69) is 0 Å². The van der Waals surface area contributed by atoms with Crippen molar-refractivity contribution in [3.05, 3.63) is 28.3 Å². The van der Waals surface area contributed by atoms with E-state index < -0.39 is 5.24 Å². The van der Waals surface area contributed by atoms with Gasteiger partial charge in [0.1, 0.15) is 5.75 Å². The summed E-state index contributed by atoms with van der Waals surface area (Å²) < 4.78 is 5.07. The molecule has 1 aromatic rings. The quantitative estimate of drug-likeness (QED) is 0.751. The van der Waals surface area contributed by atoms with Gasteiger partial charge in [-0.1, -0.05) is 32.4 Å². The number of carbonyl (C=O) groups excluding carboxylic acids is 1. The van der Waals surface area contributed by atoms with Crippen LogP contribution in [0.2, 0.25) is 5.02 Å². The molecule has 1 aromatic carbocycles. The fraction of sp³-hybridized carbons (Fsp3) is 0.417. The van der Waals surface area contributed by atoms with E-state index in [4.69, 9.17) is 27.9 Å². The molecule has 88 valence electrons. The first-order valence-corrected chi connectivity index (χ1v) is 5.61. The number of hydrogen-bond donors (Lipinski definition) is 0. The molecule has 0 spiro atoms. The topological polar surface area (TPSA) is 26.3 Å². The van der Waals surface area contributed by atoms with Gasteiger partial charge in [0, 0.05) is 0 Å². The lowest BCUT2D eigenvalue weighted by molar-refractivity contribution is 0.107. The van der Waals surface area contributed by atoms with Crippen LogP contribution in [0.1, 0.15) is 36.7 Å². The highest BCUT2D eigenvalue weighted by Gasteiger charge is 2.21. The average Bonchev–Trinajstić information content (AvgIpc) is 2.14. The Hall–Kier alpha value is -0.730. The van der Waals surface area contributed by atoms with Crippen molar-refractivity contribution in [2.75, 3.05) is 7.11 Å². The van der Waals surface area contributed by atoms with Crippen molar-refractivity contribution >= 4 is 28.4 Å². The van der Waals surface area contributed by atoms with E-state index in [-0.39, 0.29) is 5.41 Å². The van der Waals surface area contributed by atoms with Crippen molar-refractivity contribution in [3.63, 3.8) is 0 Å². The summed E-state index contributed by atoms with van der Waals surface area (Å²) in [7, 11) is 1.46. The molecule has 0 aliphatic carbocycles. The minimum Gasteiger partial charge on any atom is -0.494 e. The van der Waals surface area contributed by atoms with Crippen LogP contribution in [0.15, 0.2) is 12.1 Å². The van der Waals surface area contributed by atoms with Crippen molar-refractivity contribution in [2.45, 2.75) is 26.2 Å². The summed E-state index contributed by atoms with van der Waals surface area (Å²) in [6.45, 7) is 6.11. The van der Waals surface area contributed by atoms with Gasteiger partial charge in [-0.15, -0.1) is 0 Å². The Balaban J connectivity index is 3.46. The van der Waals surface area contributed by atoms with Crippen LogP contribution in [0.3, 0.4) is 0 Å². The van der Waals surface area contributed by atoms with Gasteiger partial charge >= 0.3 is 0 Å². The molecular weight excluding hydrogens is 247 g/mol. The third-order valence-corrected chi connectivity index (χ3v) is 2.81. The standard InChI is InChI=1S/C12H14Cl2O2/c1-12(2,3)7-5-8(11(14)15)10(16-4)9(13)6-7/h5-6H,1-4H3. The Morgan fingerprint density at radius 1 is 1.31 bits per heavy atom. The zero-order valence-corrected chi connectivity index (χ0v) is 11.2. The summed E-state index contributed by atoms with van der Waals surface area (Å²) in [5.41, 5.74) is 1.15. The van der Waals surface area contributed by atoms with Gasteiger partial charge in [-0.3, -0.25) is 4.79 Å². The van der Waals surface area contributed by atoms with Crippen molar-refractivity contribution in [2.24, 2.45) is 0 Å². The van der Waals surface area contributed by atoms with Gasteiger partial charge in [0.2, 0.25) is 0 Å². The second kappa shape index (κ2) is 4.64. The smallest absolute Gasteiger partial charge is 0.256 e. The molecule has 0 unspecified atom stereocenters. The van der Waals surface area contributed by atoms with E-state index in [1.165, 1.54) is 7.11 Å². The number of hydrogen-bond acceptors (Lipinski definition) is 2. The summed E-state index contributed by atoms with van der Waals surface area (Å²) in [6.07, 6.45) is 0. The predicted molar refractivity (Wildman–Crippen MR) is 66.9 cm³/mol. The first-order valence-electron chi connectivity index (χ1n) is 4.85. The molecule has 1 rings (SSSR count). The molecule has 0 aliphatic heterocycles. The van der Waals surface area contributed by atoms with Crippen LogP contribution in [-0.2, 0) is 5.41 Å². The van der Waals surface area contributed by atoms with Crippen molar-refractivity contribution < 1.29 is 9.53 Å². The maximum atomic E-state index is 11.3. The maximum Gasteiger partial charge on any atom is 0.256 e.